The first-order valence-electron chi connectivity index (χ1n) is 8.29. The average Bonchev–Trinajstić information content (AvgIpc) is 2.81. The summed E-state index contributed by atoms with van der Waals surface area (Å²) in [5.74, 6) is 0. The molecule has 2 nitrogen and oxygen atoms in total. The molecule has 4 rings (SSSR count). The van der Waals surface area contributed by atoms with Crippen molar-refractivity contribution in [2.75, 3.05) is 0 Å². The van der Waals surface area contributed by atoms with Crippen LogP contribution in [0.5, 0.6) is 0 Å². The number of rotatable bonds is 2. The lowest BCUT2D eigenvalue weighted by atomic mass is 9.90. The second kappa shape index (κ2) is 6.25. The molecule has 1 aromatic carbocycles. The molecular weight excluding hydrogens is 280 g/mol. The lowest BCUT2D eigenvalue weighted by molar-refractivity contribution is 0.643. The van der Waals surface area contributed by atoms with Crippen LogP contribution in [0, 0.1) is 0 Å². The van der Waals surface area contributed by atoms with Crippen LogP contribution in [0.4, 0.5) is 0 Å². The van der Waals surface area contributed by atoms with Gasteiger partial charge in [-0.3, -0.25) is 4.99 Å². The molecule has 0 bridgehead atoms. The van der Waals surface area contributed by atoms with Crippen LogP contribution < -0.4 is 5.32 Å². The third-order valence-corrected chi connectivity index (χ3v) is 4.46. The van der Waals surface area contributed by atoms with Gasteiger partial charge in [0.05, 0.1) is 5.70 Å². The molecule has 114 valence electrons. The third-order valence-electron chi connectivity index (χ3n) is 4.46. The molecule has 0 amide bonds. The molecule has 0 spiro atoms. The molecule has 1 heterocycles. The number of hydrogen-bond donors (Lipinski definition) is 1. The van der Waals surface area contributed by atoms with Gasteiger partial charge in [-0.25, -0.2) is 0 Å². The number of allylic oxidation sites excluding steroid dienone is 7. The molecule has 3 aliphatic rings. The van der Waals surface area contributed by atoms with Crippen molar-refractivity contribution in [3.8, 4) is 0 Å². The molecule has 0 fully saturated rings. The fraction of sp³-hybridized carbons (Fsp3) is 0.190. The number of nitrogens with zero attached hydrogens (tertiary/aromatic N) is 1. The van der Waals surface area contributed by atoms with Crippen LogP contribution in [0.1, 0.15) is 31.2 Å². The zero-order chi connectivity index (χ0) is 15.5. The Kier molecular flexibility index (Phi) is 3.81. The van der Waals surface area contributed by atoms with Crippen molar-refractivity contribution in [3.05, 3.63) is 94.5 Å². The molecule has 0 aromatic heterocycles. The quantitative estimate of drug-likeness (QED) is 0.779. The van der Waals surface area contributed by atoms with E-state index < -0.39 is 0 Å². The van der Waals surface area contributed by atoms with Crippen LogP contribution in [0.2, 0.25) is 0 Å². The highest BCUT2D eigenvalue weighted by molar-refractivity contribution is 5.81. The van der Waals surface area contributed by atoms with Gasteiger partial charge in [-0.1, -0.05) is 42.5 Å². The Morgan fingerprint density at radius 3 is 2.70 bits per heavy atom. The minimum absolute atomic E-state index is 1.01. The highest BCUT2D eigenvalue weighted by atomic mass is 14.9. The van der Waals surface area contributed by atoms with Gasteiger partial charge in [-0.05, 0) is 55.0 Å². The van der Waals surface area contributed by atoms with Gasteiger partial charge in [-0.15, -0.1) is 0 Å². The molecule has 0 unspecified atom stereocenters. The molecule has 0 radical (unpaired) electrons. The van der Waals surface area contributed by atoms with E-state index in [1.807, 2.05) is 24.4 Å². The first-order chi connectivity index (χ1) is 11.4. The van der Waals surface area contributed by atoms with E-state index in [4.69, 9.17) is 4.99 Å². The monoisotopic (exact) mass is 300 g/mol. The summed E-state index contributed by atoms with van der Waals surface area (Å²) in [4.78, 5) is 4.75. The van der Waals surface area contributed by atoms with Gasteiger partial charge in [0.2, 0.25) is 0 Å². The van der Waals surface area contributed by atoms with Gasteiger partial charge in [-0.2, -0.15) is 0 Å². The summed E-state index contributed by atoms with van der Waals surface area (Å²) in [6.07, 6.45) is 17.5. The van der Waals surface area contributed by atoms with Gasteiger partial charge in [0.25, 0.3) is 0 Å². The Morgan fingerprint density at radius 2 is 1.78 bits per heavy atom. The topological polar surface area (TPSA) is 24.4 Å². The first kappa shape index (κ1) is 14.0. The molecule has 1 aliphatic heterocycles. The van der Waals surface area contributed by atoms with E-state index in [0.717, 1.165) is 23.4 Å². The van der Waals surface area contributed by atoms with Crippen LogP contribution in [-0.4, -0.2) is 6.21 Å². The van der Waals surface area contributed by atoms with E-state index in [0.29, 0.717) is 0 Å². The fourth-order valence-corrected chi connectivity index (χ4v) is 3.24. The van der Waals surface area contributed by atoms with E-state index in [1.165, 1.54) is 36.1 Å². The van der Waals surface area contributed by atoms with Crippen LogP contribution in [-0.2, 0) is 0 Å². The largest absolute Gasteiger partial charge is 0.358 e. The van der Waals surface area contributed by atoms with Gasteiger partial charge in [0.1, 0.15) is 0 Å². The summed E-state index contributed by atoms with van der Waals surface area (Å²) < 4.78 is 0. The number of benzene rings is 1. The smallest absolute Gasteiger partial charge is 0.0723 e. The molecule has 1 N–H and O–H groups in total. The molecule has 1 aromatic rings. The second-order valence-electron chi connectivity index (χ2n) is 6.08. The number of dihydropyridines is 1. The molecule has 2 aliphatic carbocycles. The minimum Gasteiger partial charge on any atom is -0.358 e. The van der Waals surface area contributed by atoms with E-state index in [2.05, 4.69) is 47.8 Å². The maximum Gasteiger partial charge on any atom is 0.0723 e. The predicted molar refractivity (Wildman–Crippen MR) is 96.1 cm³/mol. The highest BCUT2D eigenvalue weighted by Crippen LogP contribution is 2.34. The Bertz CT molecular complexity index is 786. The van der Waals surface area contributed by atoms with Gasteiger partial charge in [0.15, 0.2) is 0 Å². The summed E-state index contributed by atoms with van der Waals surface area (Å²) in [6, 6.07) is 10.2. The lowest BCUT2D eigenvalue weighted by Gasteiger charge is -2.27. The molecule has 2 heteroatoms. The Labute approximate surface area is 137 Å². The van der Waals surface area contributed by atoms with E-state index >= 15 is 0 Å². The van der Waals surface area contributed by atoms with Crippen LogP contribution in [0.15, 0.2) is 93.9 Å². The summed E-state index contributed by atoms with van der Waals surface area (Å²) in [5, 5.41) is 3.63. The maximum absolute atomic E-state index is 4.75. The standard InChI is InChI=1S/C21H20N2/c1-2-8-16(9-3-1)15-22-20-12-6-7-13-21-18(20)14-17-10-4-5-11-19(17)23-21/h1-3,6-9,12-15,23H,4-5,10-11H2. The van der Waals surface area contributed by atoms with Crippen LogP contribution in [0.25, 0.3) is 0 Å². The Hall–Kier alpha value is -2.61. The van der Waals surface area contributed by atoms with E-state index in [1.54, 1.807) is 0 Å². The number of nitrogens with one attached hydrogen (secondary N) is 1. The molecule has 0 saturated heterocycles. The zero-order valence-electron chi connectivity index (χ0n) is 13.1. The van der Waals surface area contributed by atoms with Gasteiger partial charge < -0.3 is 5.32 Å². The minimum atomic E-state index is 1.01. The normalized spacial score (nSPS) is 20.1. The molecular formula is C21H20N2. The van der Waals surface area contributed by atoms with Crippen molar-refractivity contribution in [1.82, 2.24) is 5.32 Å². The third kappa shape index (κ3) is 2.98. The number of aliphatic imine (C=N–C) groups is 1. The first-order valence-corrected chi connectivity index (χ1v) is 8.29. The highest BCUT2D eigenvalue weighted by Gasteiger charge is 2.21. The Morgan fingerprint density at radius 1 is 0.957 bits per heavy atom. The second-order valence-corrected chi connectivity index (χ2v) is 6.08. The SMILES string of the molecule is C1=CC=C2NC3=C(C=C2C(N=Cc2ccccc2)=C1)CCCC3. The molecule has 0 saturated carbocycles. The average molecular weight is 300 g/mol. The van der Waals surface area contributed by atoms with Crippen molar-refractivity contribution < 1.29 is 0 Å². The van der Waals surface area contributed by atoms with Crippen LogP contribution in [0.3, 0.4) is 0 Å². The summed E-state index contributed by atoms with van der Waals surface area (Å²) in [5.41, 5.74) is 7.34. The fourth-order valence-electron chi connectivity index (χ4n) is 3.24. The lowest BCUT2D eigenvalue weighted by Crippen LogP contribution is -2.22. The van der Waals surface area contributed by atoms with Crippen molar-refractivity contribution in [1.29, 1.82) is 0 Å². The number of hydrogen-bond acceptors (Lipinski definition) is 2. The summed E-state index contributed by atoms with van der Waals surface area (Å²) >= 11 is 0. The maximum atomic E-state index is 4.75. The van der Waals surface area contributed by atoms with E-state index in [-0.39, 0.29) is 0 Å². The molecule has 0 atom stereocenters. The Balaban J connectivity index is 1.69. The van der Waals surface area contributed by atoms with Crippen LogP contribution >= 0.6 is 0 Å². The van der Waals surface area contributed by atoms with Crippen molar-refractivity contribution >= 4 is 6.21 Å². The van der Waals surface area contributed by atoms with Gasteiger partial charge >= 0.3 is 0 Å². The van der Waals surface area contributed by atoms with Crippen molar-refractivity contribution in [2.24, 2.45) is 4.99 Å². The van der Waals surface area contributed by atoms with Gasteiger partial charge in [0, 0.05) is 23.2 Å². The van der Waals surface area contributed by atoms with Crippen molar-refractivity contribution in [3.63, 3.8) is 0 Å². The number of fused-ring (bicyclic) bond motifs is 1. The van der Waals surface area contributed by atoms with Crippen molar-refractivity contribution in [2.45, 2.75) is 25.7 Å². The predicted octanol–water partition coefficient (Wildman–Crippen LogP) is 4.80. The summed E-state index contributed by atoms with van der Waals surface area (Å²) in [7, 11) is 0. The molecule has 23 heavy (non-hydrogen) atoms. The zero-order valence-corrected chi connectivity index (χ0v) is 13.1. The van der Waals surface area contributed by atoms with E-state index in [9.17, 15) is 0 Å². The summed E-state index contributed by atoms with van der Waals surface area (Å²) in [6.45, 7) is 0.